The zero-order valence-corrected chi connectivity index (χ0v) is 19.8. The molecule has 3 aromatic rings. The highest BCUT2D eigenvalue weighted by Crippen LogP contribution is 2.24. The number of nitrogens with one attached hydrogen (secondary N) is 1. The highest BCUT2D eigenvalue weighted by molar-refractivity contribution is 9.10. The number of fused-ring (bicyclic) bond motifs is 1. The minimum Gasteiger partial charge on any atom is -0.352 e. The molecule has 31 heavy (non-hydrogen) atoms. The number of nitrogens with zero attached hydrogens (tertiary/aromatic N) is 4. The molecule has 1 amide bonds. The van der Waals surface area contributed by atoms with Gasteiger partial charge in [-0.2, -0.15) is 0 Å². The van der Waals surface area contributed by atoms with E-state index in [9.17, 15) is 9.18 Å². The van der Waals surface area contributed by atoms with E-state index in [4.69, 9.17) is 5.73 Å². The topological polar surface area (TPSA) is 91.1 Å². The number of aromatic amines is 1. The number of amides is 1. The third-order valence-electron chi connectivity index (χ3n) is 5.34. The minimum atomic E-state index is -0.437. The summed E-state index contributed by atoms with van der Waals surface area (Å²) in [6.45, 7) is 2.69. The van der Waals surface area contributed by atoms with E-state index in [1.807, 2.05) is 17.2 Å². The van der Waals surface area contributed by atoms with Crippen molar-refractivity contribution in [2.75, 3.05) is 37.6 Å². The van der Waals surface area contributed by atoms with Gasteiger partial charge in [0.1, 0.15) is 23.6 Å². The van der Waals surface area contributed by atoms with Crippen molar-refractivity contribution < 1.29 is 9.18 Å². The first-order valence-corrected chi connectivity index (χ1v) is 10.3. The molecule has 1 aliphatic rings. The fraction of sp³-hybridized carbons (Fsp3) is 0.350. The predicted octanol–water partition coefficient (Wildman–Crippen LogP) is 3.17. The Bertz CT molecular complexity index is 1030. The van der Waals surface area contributed by atoms with Gasteiger partial charge in [-0.25, -0.2) is 14.4 Å². The standard InChI is InChI=1S/C20H22BrFN6O.2ClH/c21-15-2-1-13(17(22)10-15)9-14(11-23)20(29)28-7-5-27(6-8-28)19-16-3-4-24-18(16)25-12-26-19;;/h1-4,10,12,14H,5-9,11,23H2,(H,24,25,26);2*1H. The molecular weight excluding hydrogens is 510 g/mol. The summed E-state index contributed by atoms with van der Waals surface area (Å²) in [7, 11) is 0. The van der Waals surface area contributed by atoms with Crippen LogP contribution >= 0.6 is 40.7 Å². The second-order valence-corrected chi connectivity index (χ2v) is 8.04. The summed E-state index contributed by atoms with van der Waals surface area (Å²) in [5, 5.41) is 0.970. The highest BCUT2D eigenvalue weighted by atomic mass is 79.9. The molecule has 1 aromatic carbocycles. The highest BCUT2D eigenvalue weighted by Gasteiger charge is 2.28. The fourth-order valence-electron chi connectivity index (χ4n) is 3.73. The average Bonchev–Trinajstić information content (AvgIpc) is 3.22. The normalized spacial score (nSPS) is 14.7. The van der Waals surface area contributed by atoms with Gasteiger partial charge in [0.25, 0.3) is 0 Å². The van der Waals surface area contributed by atoms with E-state index in [1.165, 1.54) is 6.07 Å². The van der Waals surface area contributed by atoms with Gasteiger partial charge >= 0.3 is 0 Å². The fourth-order valence-corrected chi connectivity index (χ4v) is 4.06. The number of hydrogen-bond acceptors (Lipinski definition) is 5. The molecule has 1 fully saturated rings. The van der Waals surface area contributed by atoms with E-state index in [-0.39, 0.29) is 43.1 Å². The van der Waals surface area contributed by atoms with Crippen LogP contribution in [0.25, 0.3) is 11.0 Å². The molecular formula is C20H24BrCl2FN6O. The van der Waals surface area contributed by atoms with Gasteiger partial charge in [-0.1, -0.05) is 22.0 Å². The van der Waals surface area contributed by atoms with Crippen LogP contribution in [0.1, 0.15) is 5.56 Å². The van der Waals surface area contributed by atoms with Crippen LogP contribution in [0.2, 0.25) is 0 Å². The van der Waals surface area contributed by atoms with Gasteiger partial charge in [0.05, 0.1) is 11.3 Å². The van der Waals surface area contributed by atoms with Crippen LogP contribution < -0.4 is 10.6 Å². The van der Waals surface area contributed by atoms with Crippen molar-refractivity contribution in [1.29, 1.82) is 0 Å². The van der Waals surface area contributed by atoms with Gasteiger partial charge in [-0.05, 0) is 30.2 Å². The van der Waals surface area contributed by atoms with E-state index < -0.39 is 5.92 Å². The number of benzene rings is 1. The van der Waals surface area contributed by atoms with Crippen LogP contribution in [-0.2, 0) is 11.2 Å². The SMILES string of the molecule is Cl.Cl.NCC(Cc1ccc(Br)cc1F)C(=O)N1CCN(c2ncnc3[nH]ccc23)CC1. The number of piperazine rings is 1. The third-order valence-corrected chi connectivity index (χ3v) is 5.83. The summed E-state index contributed by atoms with van der Waals surface area (Å²) in [5.74, 6) is 0.0852. The first-order valence-electron chi connectivity index (χ1n) is 9.52. The Balaban J connectivity index is 0.00000171. The summed E-state index contributed by atoms with van der Waals surface area (Å²) < 4.78 is 14.8. The van der Waals surface area contributed by atoms with Crippen LogP contribution in [0.15, 0.2) is 41.3 Å². The van der Waals surface area contributed by atoms with Gasteiger partial charge in [0.2, 0.25) is 5.91 Å². The molecule has 0 radical (unpaired) electrons. The van der Waals surface area contributed by atoms with Crippen molar-refractivity contribution in [3.8, 4) is 0 Å². The Morgan fingerprint density at radius 2 is 1.94 bits per heavy atom. The Labute approximate surface area is 200 Å². The smallest absolute Gasteiger partial charge is 0.227 e. The van der Waals surface area contributed by atoms with Gasteiger partial charge in [-0.15, -0.1) is 24.8 Å². The first kappa shape index (κ1) is 25.3. The Kier molecular flexibility index (Phi) is 9.05. The lowest BCUT2D eigenvalue weighted by atomic mass is 9.97. The second-order valence-electron chi connectivity index (χ2n) is 7.12. The number of H-pyrrole nitrogens is 1. The number of carbonyl (C=O) groups is 1. The summed E-state index contributed by atoms with van der Waals surface area (Å²) in [6, 6.07) is 6.85. The molecule has 4 rings (SSSR count). The monoisotopic (exact) mass is 532 g/mol. The number of nitrogens with two attached hydrogens (primary N) is 1. The molecule has 0 saturated carbocycles. The quantitative estimate of drug-likeness (QED) is 0.525. The molecule has 168 valence electrons. The van der Waals surface area contributed by atoms with Crippen molar-refractivity contribution in [2.45, 2.75) is 6.42 Å². The Hall–Kier alpha value is -1.94. The van der Waals surface area contributed by atoms with Gasteiger partial charge < -0.3 is 20.5 Å². The molecule has 1 atom stereocenters. The van der Waals surface area contributed by atoms with E-state index in [0.717, 1.165) is 16.9 Å². The largest absolute Gasteiger partial charge is 0.352 e. The maximum atomic E-state index is 14.2. The van der Waals surface area contributed by atoms with Crippen molar-refractivity contribution in [3.63, 3.8) is 0 Å². The summed E-state index contributed by atoms with van der Waals surface area (Å²) in [5.41, 5.74) is 7.17. The van der Waals surface area contributed by atoms with Crippen molar-refractivity contribution in [1.82, 2.24) is 19.9 Å². The molecule has 1 aliphatic heterocycles. The number of halogens is 4. The third kappa shape index (κ3) is 5.46. The van der Waals surface area contributed by atoms with E-state index in [1.54, 1.807) is 18.5 Å². The van der Waals surface area contributed by atoms with Crippen molar-refractivity contribution in [2.24, 2.45) is 11.7 Å². The Morgan fingerprint density at radius 1 is 1.19 bits per heavy atom. The first-order chi connectivity index (χ1) is 14.1. The molecule has 0 bridgehead atoms. The number of aromatic nitrogens is 3. The van der Waals surface area contributed by atoms with Crippen LogP contribution in [0.3, 0.4) is 0 Å². The molecule has 3 heterocycles. The molecule has 2 aromatic heterocycles. The Morgan fingerprint density at radius 3 is 2.61 bits per heavy atom. The lowest BCUT2D eigenvalue weighted by Crippen LogP contribution is -2.51. The number of anilines is 1. The number of carbonyl (C=O) groups excluding carboxylic acids is 1. The van der Waals surface area contributed by atoms with E-state index in [2.05, 4.69) is 35.8 Å². The lowest BCUT2D eigenvalue weighted by molar-refractivity contribution is -0.135. The van der Waals surface area contributed by atoms with Crippen LogP contribution in [0, 0.1) is 11.7 Å². The molecule has 3 N–H and O–H groups in total. The average molecular weight is 534 g/mol. The van der Waals surface area contributed by atoms with Crippen LogP contribution in [0.5, 0.6) is 0 Å². The van der Waals surface area contributed by atoms with Crippen LogP contribution in [0.4, 0.5) is 10.2 Å². The zero-order chi connectivity index (χ0) is 20.4. The maximum Gasteiger partial charge on any atom is 0.227 e. The van der Waals surface area contributed by atoms with Gasteiger partial charge in [-0.3, -0.25) is 4.79 Å². The van der Waals surface area contributed by atoms with E-state index >= 15 is 0 Å². The van der Waals surface area contributed by atoms with Crippen LogP contribution in [-0.4, -0.2) is 58.5 Å². The summed E-state index contributed by atoms with van der Waals surface area (Å²) >= 11 is 3.25. The number of hydrogen-bond donors (Lipinski definition) is 2. The summed E-state index contributed by atoms with van der Waals surface area (Å²) in [4.78, 5) is 28.7. The van der Waals surface area contributed by atoms with Gasteiger partial charge in [0.15, 0.2) is 0 Å². The molecule has 0 spiro atoms. The molecule has 7 nitrogen and oxygen atoms in total. The molecule has 0 aliphatic carbocycles. The number of rotatable bonds is 5. The minimum absolute atomic E-state index is 0. The van der Waals surface area contributed by atoms with Crippen molar-refractivity contribution in [3.05, 3.63) is 52.6 Å². The molecule has 1 saturated heterocycles. The van der Waals surface area contributed by atoms with E-state index in [0.29, 0.717) is 42.6 Å². The maximum absolute atomic E-state index is 14.2. The van der Waals surface area contributed by atoms with Gasteiger partial charge in [0, 0.05) is 43.4 Å². The van der Waals surface area contributed by atoms with Crippen molar-refractivity contribution >= 4 is 63.5 Å². The molecule has 11 heteroatoms. The predicted molar refractivity (Wildman–Crippen MR) is 128 cm³/mol. The second kappa shape index (κ2) is 11.1. The molecule has 1 unspecified atom stereocenters. The zero-order valence-electron chi connectivity index (χ0n) is 16.6. The lowest BCUT2D eigenvalue weighted by Gasteiger charge is -2.37. The summed E-state index contributed by atoms with van der Waals surface area (Å²) in [6.07, 6.45) is 3.68.